The highest BCUT2D eigenvalue weighted by molar-refractivity contribution is 5.80. The zero-order chi connectivity index (χ0) is 10.0. The average Bonchev–Trinajstić information content (AvgIpc) is 2.46. The maximum atomic E-state index is 11.1. The van der Waals surface area contributed by atoms with Crippen LogP contribution in [0.1, 0.15) is 6.42 Å². The summed E-state index contributed by atoms with van der Waals surface area (Å²) in [5, 5.41) is 8.74. The van der Waals surface area contributed by atoms with Crippen LogP contribution in [0.4, 0.5) is 4.79 Å². The van der Waals surface area contributed by atoms with Crippen LogP contribution in [-0.2, 0) is 9.53 Å². The smallest absolute Gasteiger partial charge is 0.410 e. The first-order valence-corrected chi connectivity index (χ1v) is 3.89. The van der Waals surface area contributed by atoms with Gasteiger partial charge in [0.1, 0.15) is 6.04 Å². The van der Waals surface area contributed by atoms with Crippen LogP contribution in [0.3, 0.4) is 0 Å². The number of carbonyl (C=O) groups is 2. The van der Waals surface area contributed by atoms with Crippen LogP contribution in [0.5, 0.6) is 0 Å². The minimum absolute atomic E-state index is 0.240. The molecule has 2 unspecified atom stereocenters. The van der Waals surface area contributed by atoms with E-state index in [-0.39, 0.29) is 19.0 Å². The van der Waals surface area contributed by atoms with Crippen molar-refractivity contribution < 1.29 is 19.4 Å². The van der Waals surface area contributed by atoms with Crippen LogP contribution in [0.25, 0.3) is 0 Å². The number of likely N-dealkylation sites (tertiary alicyclic amines) is 1. The van der Waals surface area contributed by atoms with Crippen molar-refractivity contribution in [3.8, 4) is 0 Å². The van der Waals surface area contributed by atoms with E-state index in [0.29, 0.717) is 0 Å². The Bertz CT molecular complexity index is 231. The molecular formula is C7H12N2O4. The van der Waals surface area contributed by atoms with E-state index >= 15 is 0 Å². The van der Waals surface area contributed by atoms with Gasteiger partial charge in [-0.25, -0.2) is 9.59 Å². The highest BCUT2D eigenvalue weighted by Gasteiger charge is 2.38. The quantitative estimate of drug-likeness (QED) is 0.564. The molecule has 0 aromatic rings. The lowest BCUT2D eigenvalue weighted by Gasteiger charge is -2.18. The molecule has 0 bridgehead atoms. The third kappa shape index (κ3) is 1.89. The van der Waals surface area contributed by atoms with Gasteiger partial charge in [0.2, 0.25) is 0 Å². The molecule has 0 aromatic heterocycles. The third-order valence-corrected chi connectivity index (χ3v) is 2.03. The number of rotatable bonds is 1. The summed E-state index contributed by atoms with van der Waals surface area (Å²) in [6.07, 6.45) is -0.356. The first-order valence-electron chi connectivity index (χ1n) is 3.89. The van der Waals surface area contributed by atoms with Gasteiger partial charge >= 0.3 is 12.1 Å². The molecule has 3 N–H and O–H groups in total. The molecule has 6 heteroatoms. The monoisotopic (exact) mass is 188 g/mol. The van der Waals surface area contributed by atoms with E-state index in [4.69, 9.17) is 10.8 Å². The first kappa shape index (κ1) is 9.79. The molecule has 1 aliphatic heterocycles. The van der Waals surface area contributed by atoms with Gasteiger partial charge in [-0.2, -0.15) is 0 Å². The molecule has 1 fully saturated rings. The number of nitrogens with zero attached hydrogens (tertiary/aromatic N) is 1. The Morgan fingerprint density at radius 2 is 2.23 bits per heavy atom. The minimum atomic E-state index is -1.04. The maximum Gasteiger partial charge on any atom is 0.410 e. The number of carboxylic acids is 1. The van der Waals surface area contributed by atoms with Crippen molar-refractivity contribution in [2.24, 2.45) is 5.73 Å². The van der Waals surface area contributed by atoms with Gasteiger partial charge in [-0.05, 0) is 6.42 Å². The van der Waals surface area contributed by atoms with Crippen molar-refractivity contribution in [2.75, 3.05) is 13.7 Å². The number of amides is 1. The summed E-state index contributed by atoms with van der Waals surface area (Å²) >= 11 is 0. The number of ether oxygens (including phenoxy) is 1. The van der Waals surface area contributed by atoms with Crippen molar-refractivity contribution in [3.63, 3.8) is 0 Å². The molecule has 0 radical (unpaired) electrons. The molecular weight excluding hydrogens is 176 g/mol. The highest BCUT2D eigenvalue weighted by Crippen LogP contribution is 2.17. The molecule has 2 atom stereocenters. The molecule has 13 heavy (non-hydrogen) atoms. The number of carboxylic acid groups (broad SMARTS) is 1. The number of hydrogen-bond donors (Lipinski definition) is 2. The van der Waals surface area contributed by atoms with E-state index in [2.05, 4.69) is 4.74 Å². The molecule has 0 spiro atoms. The maximum absolute atomic E-state index is 11.1. The molecule has 0 aromatic carbocycles. The summed E-state index contributed by atoms with van der Waals surface area (Å²) in [5.74, 6) is -1.04. The molecule has 1 rings (SSSR count). The molecule has 1 amide bonds. The molecule has 6 nitrogen and oxygen atoms in total. The normalized spacial score (nSPS) is 27.4. The third-order valence-electron chi connectivity index (χ3n) is 2.03. The van der Waals surface area contributed by atoms with Crippen molar-refractivity contribution in [1.29, 1.82) is 0 Å². The SMILES string of the molecule is COC(=O)N1CC(N)CC1C(=O)O. The Morgan fingerprint density at radius 3 is 2.69 bits per heavy atom. The number of carbonyl (C=O) groups excluding carboxylic acids is 1. The van der Waals surface area contributed by atoms with Gasteiger partial charge in [-0.3, -0.25) is 4.90 Å². The second-order valence-corrected chi connectivity index (χ2v) is 2.97. The Morgan fingerprint density at radius 1 is 1.62 bits per heavy atom. The minimum Gasteiger partial charge on any atom is -0.480 e. The number of nitrogens with two attached hydrogens (primary N) is 1. The van der Waals surface area contributed by atoms with Gasteiger partial charge in [-0.15, -0.1) is 0 Å². The second-order valence-electron chi connectivity index (χ2n) is 2.97. The van der Waals surface area contributed by atoms with Gasteiger partial charge < -0.3 is 15.6 Å². The molecule has 1 aliphatic rings. The number of hydrogen-bond acceptors (Lipinski definition) is 4. The average molecular weight is 188 g/mol. The zero-order valence-corrected chi connectivity index (χ0v) is 7.27. The standard InChI is InChI=1S/C7H12N2O4/c1-13-7(12)9-3-4(8)2-5(9)6(10)11/h4-5H,2-3,8H2,1H3,(H,10,11). The van der Waals surface area contributed by atoms with Crippen molar-refractivity contribution in [3.05, 3.63) is 0 Å². The first-order chi connectivity index (χ1) is 6.06. The Balaban J connectivity index is 2.71. The van der Waals surface area contributed by atoms with E-state index in [1.807, 2.05) is 0 Å². The summed E-state index contributed by atoms with van der Waals surface area (Å²) < 4.78 is 4.43. The fourth-order valence-electron chi connectivity index (χ4n) is 1.42. The lowest BCUT2D eigenvalue weighted by Crippen LogP contribution is -2.40. The highest BCUT2D eigenvalue weighted by atomic mass is 16.5. The van der Waals surface area contributed by atoms with Crippen LogP contribution in [0.2, 0.25) is 0 Å². The number of methoxy groups -OCH3 is 1. The second kappa shape index (κ2) is 3.61. The summed E-state index contributed by atoms with van der Waals surface area (Å²) in [5.41, 5.74) is 5.53. The summed E-state index contributed by atoms with van der Waals surface area (Å²) in [6, 6.07) is -1.12. The Kier molecular flexibility index (Phi) is 2.72. The van der Waals surface area contributed by atoms with Gasteiger partial charge in [0.25, 0.3) is 0 Å². The van der Waals surface area contributed by atoms with Crippen LogP contribution < -0.4 is 5.73 Å². The lowest BCUT2D eigenvalue weighted by atomic mass is 10.2. The summed E-state index contributed by atoms with van der Waals surface area (Å²) in [4.78, 5) is 22.9. The van der Waals surface area contributed by atoms with Crippen molar-refractivity contribution in [1.82, 2.24) is 4.90 Å². The molecule has 0 saturated carbocycles. The van der Waals surface area contributed by atoms with Crippen molar-refractivity contribution in [2.45, 2.75) is 18.5 Å². The van der Waals surface area contributed by atoms with Crippen molar-refractivity contribution >= 4 is 12.1 Å². The predicted molar refractivity (Wildman–Crippen MR) is 43.1 cm³/mol. The van der Waals surface area contributed by atoms with Gasteiger partial charge in [0, 0.05) is 12.6 Å². The van der Waals surface area contributed by atoms with E-state index < -0.39 is 18.1 Å². The van der Waals surface area contributed by atoms with Crippen LogP contribution >= 0.6 is 0 Å². The fraction of sp³-hybridized carbons (Fsp3) is 0.714. The largest absolute Gasteiger partial charge is 0.480 e. The van der Waals surface area contributed by atoms with E-state index in [1.165, 1.54) is 7.11 Å². The molecule has 74 valence electrons. The van der Waals surface area contributed by atoms with Crippen LogP contribution in [0.15, 0.2) is 0 Å². The molecule has 0 aliphatic carbocycles. The lowest BCUT2D eigenvalue weighted by molar-refractivity contribution is -0.141. The van der Waals surface area contributed by atoms with E-state index in [0.717, 1.165) is 4.90 Å². The van der Waals surface area contributed by atoms with Gasteiger partial charge in [-0.1, -0.05) is 0 Å². The fourth-order valence-corrected chi connectivity index (χ4v) is 1.42. The predicted octanol–water partition coefficient (Wildman–Crippen LogP) is -0.761. The Labute approximate surface area is 75.3 Å². The van der Waals surface area contributed by atoms with Gasteiger partial charge in [0.15, 0.2) is 0 Å². The van der Waals surface area contributed by atoms with E-state index in [1.54, 1.807) is 0 Å². The topological polar surface area (TPSA) is 92.9 Å². The van der Waals surface area contributed by atoms with Gasteiger partial charge in [0.05, 0.1) is 7.11 Å². The number of aliphatic carboxylic acids is 1. The Hall–Kier alpha value is -1.30. The van der Waals surface area contributed by atoms with Crippen LogP contribution in [0, 0.1) is 0 Å². The zero-order valence-electron chi connectivity index (χ0n) is 7.27. The molecule has 1 heterocycles. The van der Waals surface area contributed by atoms with Crippen LogP contribution in [-0.4, -0.2) is 47.8 Å². The summed E-state index contributed by atoms with van der Waals surface area (Å²) in [6.45, 7) is 0.240. The summed E-state index contributed by atoms with van der Waals surface area (Å²) in [7, 11) is 1.21. The molecule has 1 saturated heterocycles. The van der Waals surface area contributed by atoms with E-state index in [9.17, 15) is 9.59 Å².